The number of hydrogen-bond acceptors (Lipinski definition) is 3. The topological polar surface area (TPSA) is 42.9 Å². The molecule has 0 atom stereocenters. The van der Waals surface area contributed by atoms with Crippen molar-refractivity contribution < 1.29 is 4.79 Å². The predicted molar refractivity (Wildman–Crippen MR) is 51.4 cm³/mol. The molecule has 3 nitrogen and oxygen atoms in total. The highest BCUT2D eigenvalue weighted by molar-refractivity contribution is 6.46. The first kappa shape index (κ1) is 10.7. The summed E-state index contributed by atoms with van der Waals surface area (Å²) in [4.78, 5) is 18.3. The van der Waals surface area contributed by atoms with Crippen LogP contribution in [0.15, 0.2) is 0 Å². The van der Waals surface area contributed by atoms with Crippen LogP contribution in [0.1, 0.15) is 12.7 Å². The molecule has 0 saturated heterocycles. The Morgan fingerprint density at radius 1 is 1.23 bits per heavy atom. The molecule has 0 saturated carbocycles. The largest absolute Gasteiger partial charge is 0.300 e. The van der Waals surface area contributed by atoms with Crippen LogP contribution in [0.25, 0.3) is 0 Å². The third-order valence-electron chi connectivity index (χ3n) is 1.22. The van der Waals surface area contributed by atoms with Crippen LogP contribution in [0.2, 0.25) is 15.3 Å². The number of aromatic nitrogens is 2. The van der Waals surface area contributed by atoms with Crippen LogP contribution in [-0.4, -0.2) is 15.8 Å². The van der Waals surface area contributed by atoms with Gasteiger partial charge < -0.3 is 0 Å². The molecule has 0 radical (unpaired) electrons. The van der Waals surface area contributed by atoms with Crippen LogP contribution in [0.5, 0.6) is 0 Å². The second kappa shape index (κ2) is 4.22. The Kier molecular flexibility index (Phi) is 3.47. The highest BCUT2D eigenvalue weighted by atomic mass is 35.5. The van der Waals surface area contributed by atoms with Crippen LogP contribution in [-0.2, 0) is 11.2 Å². The summed E-state index contributed by atoms with van der Waals surface area (Å²) in [5.41, 5.74) is 0. The number of carbonyl (C=O) groups is 1. The fourth-order valence-corrected chi connectivity index (χ4v) is 1.24. The molecular weight excluding hydrogens is 234 g/mol. The summed E-state index contributed by atoms with van der Waals surface area (Å²) < 4.78 is 0. The van der Waals surface area contributed by atoms with Gasteiger partial charge in [0.25, 0.3) is 0 Å². The second-order valence-corrected chi connectivity index (χ2v) is 3.51. The lowest BCUT2D eigenvalue weighted by molar-refractivity contribution is -0.116. The first-order valence-electron chi connectivity index (χ1n) is 3.37. The quantitative estimate of drug-likeness (QED) is 0.745. The van der Waals surface area contributed by atoms with E-state index < -0.39 is 0 Å². The van der Waals surface area contributed by atoms with E-state index in [-0.39, 0.29) is 33.4 Å². The molecule has 0 aliphatic carbocycles. The van der Waals surface area contributed by atoms with Crippen LogP contribution < -0.4 is 0 Å². The number of ketones is 1. The third kappa shape index (κ3) is 2.79. The molecule has 0 aliphatic rings. The van der Waals surface area contributed by atoms with E-state index in [4.69, 9.17) is 34.8 Å². The molecule has 0 fully saturated rings. The molecule has 13 heavy (non-hydrogen) atoms. The molecule has 1 rings (SSSR count). The number of Topliss-reactive ketones (excluding diaryl/α,β-unsaturated/α-hetero) is 1. The number of halogens is 3. The van der Waals surface area contributed by atoms with Gasteiger partial charge >= 0.3 is 0 Å². The summed E-state index contributed by atoms with van der Waals surface area (Å²) in [5.74, 6) is 0.223. The molecule has 1 aromatic rings. The van der Waals surface area contributed by atoms with Gasteiger partial charge in [-0.05, 0) is 6.92 Å². The van der Waals surface area contributed by atoms with E-state index in [9.17, 15) is 4.79 Å². The van der Waals surface area contributed by atoms with Crippen molar-refractivity contribution in [1.29, 1.82) is 0 Å². The lowest BCUT2D eigenvalue weighted by Gasteiger charge is -2.00. The fourth-order valence-electron chi connectivity index (χ4n) is 0.737. The average molecular weight is 239 g/mol. The molecule has 70 valence electrons. The minimum atomic E-state index is -0.0607. The Labute approximate surface area is 90.0 Å². The Morgan fingerprint density at radius 3 is 2.08 bits per heavy atom. The zero-order chi connectivity index (χ0) is 10.0. The summed E-state index contributed by atoms with van der Waals surface area (Å²) in [7, 11) is 0. The fraction of sp³-hybridized carbons (Fsp3) is 0.286. The maximum Gasteiger partial charge on any atom is 0.152 e. The second-order valence-electron chi connectivity index (χ2n) is 2.41. The highest BCUT2D eigenvalue weighted by Crippen LogP contribution is 2.26. The number of rotatable bonds is 2. The van der Waals surface area contributed by atoms with Crippen molar-refractivity contribution >= 4 is 40.6 Å². The summed E-state index contributed by atoms with van der Waals surface area (Å²) in [6, 6.07) is 0. The van der Waals surface area contributed by atoms with Gasteiger partial charge in [0, 0.05) is 0 Å². The Morgan fingerprint density at radius 2 is 1.69 bits per heavy atom. The lowest BCUT2D eigenvalue weighted by Crippen LogP contribution is -2.03. The predicted octanol–water partition coefficient (Wildman–Crippen LogP) is 2.57. The van der Waals surface area contributed by atoms with Crippen molar-refractivity contribution in [1.82, 2.24) is 9.97 Å². The van der Waals surface area contributed by atoms with Crippen molar-refractivity contribution in [3.63, 3.8) is 0 Å². The molecule has 0 N–H and O–H groups in total. The molecule has 0 aliphatic heterocycles. The van der Waals surface area contributed by atoms with E-state index >= 15 is 0 Å². The minimum absolute atomic E-state index is 0.0607. The monoisotopic (exact) mass is 238 g/mol. The van der Waals surface area contributed by atoms with Gasteiger partial charge in [0.15, 0.2) is 10.3 Å². The van der Waals surface area contributed by atoms with Crippen LogP contribution in [0, 0.1) is 0 Å². The smallest absolute Gasteiger partial charge is 0.152 e. The molecule has 6 heteroatoms. The number of nitrogens with zero attached hydrogens (tertiary/aromatic N) is 2. The van der Waals surface area contributed by atoms with Crippen molar-refractivity contribution in [2.75, 3.05) is 0 Å². The molecule has 0 unspecified atom stereocenters. The van der Waals surface area contributed by atoms with Gasteiger partial charge in [0.1, 0.15) is 16.6 Å². The van der Waals surface area contributed by atoms with Gasteiger partial charge in [-0.1, -0.05) is 34.8 Å². The normalized spacial score (nSPS) is 10.2. The molecule has 0 aromatic carbocycles. The van der Waals surface area contributed by atoms with E-state index in [1.165, 1.54) is 6.92 Å². The van der Waals surface area contributed by atoms with Crippen LogP contribution >= 0.6 is 34.8 Å². The van der Waals surface area contributed by atoms with Crippen molar-refractivity contribution in [2.45, 2.75) is 13.3 Å². The van der Waals surface area contributed by atoms with Gasteiger partial charge in [-0.15, -0.1) is 0 Å². The van der Waals surface area contributed by atoms with Crippen molar-refractivity contribution in [3.8, 4) is 0 Å². The zero-order valence-electron chi connectivity index (χ0n) is 6.64. The maximum atomic E-state index is 10.7. The van der Waals surface area contributed by atoms with E-state index in [1.807, 2.05) is 0 Å². The summed E-state index contributed by atoms with van der Waals surface area (Å²) in [5, 5.41) is 0.242. The van der Waals surface area contributed by atoms with Crippen molar-refractivity contribution in [2.24, 2.45) is 0 Å². The van der Waals surface area contributed by atoms with E-state index in [2.05, 4.69) is 9.97 Å². The maximum absolute atomic E-state index is 10.7. The number of carbonyl (C=O) groups excluding carboxylic acids is 1. The molecule has 0 spiro atoms. The van der Waals surface area contributed by atoms with Gasteiger partial charge in [-0.25, -0.2) is 9.97 Å². The molecule has 0 amide bonds. The molecule has 1 aromatic heterocycles. The van der Waals surface area contributed by atoms with Gasteiger partial charge in [0.05, 0.1) is 6.42 Å². The van der Waals surface area contributed by atoms with Crippen LogP contribution in [0.4, 0.5) is 0 Å². The summed E-state index contributed by atoms with van der Waals surface area (Å²) in [6.07, 6.45) is 0.108. The Hall–Kier alpha value is -0.380. The molecule has 0 bridgehead atoms. The highest BCUT2D eigenvalue weighted by Gasteiger charge is 2.10. The molecular formula is C7H5Cl3N2O. The first-order chi connectivity index (χ1) is 6.00. The Balaban J connectivity index is 3.06. The van der Waals surface area contributed by atoms with E-state index in [0.29, 0.717) is 0 Å². The van der Waals surface area contributed by atoms with Crippen molar-refractivity contribution in [3.05, 3.63) is 21.2 Å². The molecule has 1 heterocycles. The summed E-state index contributed by atoms with van der Waals surface area (Å²) >= 11 is 16.9. The average Bonchev–Trinajstić information content (AvgIpc) is 1.98. The van der Waals surface area contributed by atoms with Crippen LogP contribution in [0.3, 0.4) is 0 Å². The third-order valence-corrected chi connectivity index (χ3v) is 2.32. The SMILES string of the molecule is CC(=O)Cc1nc(Cl)c(Cl)c(Cl)n1. The van der Waals surface area contributed by atoms with Gasteiger partial charge in [0.2, 0.25) is 0 Å². The number of hydrogen-bond donors (Lipinski definition) is 0. The standard InChI is InChI=1S/C7H5Cl3N2O/c1-3(13)2-4-11-6(9)5(8)7(10)12-4/h2H2,1H3. The van der Waals surface area contributed by atoms with E-state index in [0.717, 1.165) is 0 Å². The van der Waals surface area contributed by atoms with Gasteiger partial charge in [-0.3, -0.25) is 4.79 Å². The minimum Gasteiger partial charge on any atom is -0.300 e. The Bertz CT molecular complexity index is 331. The zero-order valence-corrected chi connectivity index (χ0v) is 8.91. The van der Waals surface area contributed by atoms with Gasteiger partial charge in [-0.2, -0.15) is 0 Å². The summed E-state index contributed by atoms with van der Waals surface area (Å²) in [6.45, 7) is 1.43. The lowest BCUT2D eigenvalue weighted by atomic mass is 10.3. The van der Waals surface area contributed by atoms with E-state index in [1.54, 1.807) is 0 Å². The first-order valence-corrected chi connectivity index (χ1v) is 4.51.